The van der Waals surface area contributed by atoms with Crippen LogP contribution in [0.3, 0.4) is 0 Å². The lowest BCUT2D eigenvalue weighted by Crippen LogP contribution is -2.21. The first-order chi connectivity index (χ1) is 4.84. The number of ketones is 1. The molecule has 0 bridgehead atoms. The zero-order chi connectivity index (χ0) is 7.40. The molecule has 10 heavy (non-hydrogen) atoms. The molecule has 0 spiro atoms. The van der Waals surface area contributed by atoms with Gasteiger partial charge in [-0.1, -0.05) is 6.42 Å². The number of Topliss-reactive ketones (excluding diaryl/α,β-unsaturated/α-hetero) is 1. The number of rotatable bonds is 3. The van der Waals surface area contributed by atoms with Crippen LogP contribution in [-0.2, 0) is 4.79 Å². The summed E-state index contributed by atoms with van der Waals surface area (Å²) in [6, 6.07) is 0. The van der Waals surface area contributed by atoms with Crippen LogP contribution in [0.25, 0.3) is 0 Å². The van der Waals surface area contributed by atoms with Crippen molar-refractivity contribution < 1.29 is 4.79 Å². The average molecular weight is 136 g/mol. The molecule has 0 heterocycles. The van der Waals surface area contributed by atoms with Crippen molar-refractivity contribution in [2.75, 3.05) is 0 Å². The number of hydrogen-bond acceptors (Lipinski definition) is 1. The van der Waals surface area contributed by atoms with Gasteiger partial charge in [0.2, 0.25) is 0 Å². The minimum atomic E-state index is 0.369. The van der Waals surface area contributed by atoms with Crippen molar-refractivity contribution in [2.45, 2.75) is 32.1 Å². The maximum absolute atomic E-state index is 11.1. The fourth-order valence-electron chi connectivity index (χ4n) is 1.13. The van der Waals surface area contributed by atoms with E-state index in [1.807, 2.05) is 0 Å². The predicted octanol–water partition coefficient (Wildman–Crippen LogP) is 1.77. The summed E-state index contributed by atoms with van der Waals surface area (Å²) in [6.07, 6.45) is 9.68. The van der Waals surface area contributed by atoms with Crippen LogP contribution in [0.5, 0.6) is 0 Å². The molecule has 0 radical (unpaired) electrons. The van der Waals surface area contributed by atoms with Crippen molar-refractivity contribution in [3.8, 4) is 12.3 Å². The lowest BCUT2D eigenvalue weighted by molar-refractivity contribution is -0.125. The minimum Gasteiger partial charge on any atom is -0.299 e. The van der Waals surface area contributed by atoms with Gasteiger partial charge in [-0.05, 0) is 12.8 Å². The lowest BCUT2D eigenvalue weighted by atomic mass is 9.81. The maximum atomic E-state index is 11.1. The third kappa shape index (κ3) is 1.60. The molecule has 0 aromatic rings. The van der Waals surface area contributed by atoms with Crippen molar-refractivity contribution in [2.24, 2.45) is 5.92 Å². The highest BCUT2D eigenvalue weighted by Crippen LogP contribution is 2.28. The van der Waals surface area contributed by atoms with E-state index in [0.29, 0.717) is 24.5 Å². The Morgan fingerprint density at radius 3 is 2.70 bits per heavy atom. The second-order valence-corrected chi connectivity index (χ2v) is 2.80. The summed E-state index contributed by atoms with van der Waals surface area (Å²) in [5.41, 5.74) is 0. The summed E-state index contributed by atoms with van der Waals surface area (Å²) in [7, 11) is 0. The summed E-state index contributed by atoms with van der Waals surface area (Å²) < 4.78 is 0. The SMILES string of the molecule is C#CCCC(=O)C1CCC1. The van der Waals surface area contributed by atoms with Gasteiger partial charge in [-0.2, -0.15) is 0 Å². The van der Waals surface area contributed by atoms with E-state index < -0.39 is 0 Å². The third-order valence-electron chi connectivity index (χ3n) is 2.08. The van der Waals surface area contributed by atoms with Crippen LogP contribution < -0.4 is 0 Å². The molecule has 1 aliphatic rings. The van der Waals surface area contributed by atoms with Gasteiger partial charge in [0, 0.05) is 18.8 Å². The molecule has 0 unspecified atom stereocenters. The molecule has 0 aliphatic heterocycles. The number of carbonyl (C=O) groups excluding carboxylic acids is 1. The molecule has 1 heteroatoms. The highest BCUT2D eigenvalue weighted by Gasteiger charge is 2.23. The standard InChI is InChI=1S/C9H12O/c1-2-3-7-9(10)8-5-4-6-8/h1,8H,3-7H2. The van der Waals surface area contributed by atoms with E-state index in [9.17, 15) is 4.79 Å². The average Bonchev–Trinajstić information content (AvgIpc) is 1.79. The molecule has 1 nitrogen and oxygen atoms in total. The van der Waals surface area contributed by atoms with Crippen molar-refractivity contribution in [3.05, 3.63) is 0 Å². The molecule has 1 saturated carbocycles. The Kier molecular flexibility index (Phi) is 2.50. The highest BCUT2D eigenvalue weighted by atomic mass is 16.1. The summed E-state index contributed by atoms with van der Waals surface area (Å²) in [5, 5.41) is 0. The van der Waals surface area contributed by atoms with Crippen LogP contribution in [0.1, 0.15) is 32.1 Å². The first-order valence-electron chi connectivity index (χ1n) is 3.81. The third-order valence-corrected chi connectivity index (χ3v) is 2.08. The number of carbonyl (C=O) groups is 1. The summed E-state index contributed by atoms with van der Waals surface area (Å²) in [4.78, 5) is 11.1. The molecule has 0 amide bonds. The Labute approximate surface area is 61.8 Å². The molecular formula is C9H12O. The fourth-order valence-corrected chi connectivity index (χ4v) is 1.13. The van der Waals surface area contributed by atoms with Gasteiger partial charge in [-0.3, -0.25) is 4.79 Å². The van der Waals surface area contributed by atoms with E-state index in [-0.39, 0.29) is 0 Å². The maximum Gasteiger partial charge on any atom is 0.136 e. The summed E-state index contributed by atoms with van der Waals surface area (Å²) >= 11 is 0. The van der Waals surface area contributed by atoms with Gasteiger partial charge in [0.15, 0.2) is 0 Å². The van der Waals surface area contributed by atoms with Gasteiger partial charge in [-0.15, -0.1) is 12.3 Å². The molecule has 1 fully saturated rings. The van der Waals surface area contributed by atoms with E-state index in [2.05, 4.69) is 5.92 Å². The summed E-state index contributed by atoms with van der Waals surface area (Å²) in [6.45, 7) is 0. The van der Waals surface area contributed by atoms with Crippen molar-refractivity contribution in [3.63, 3.8) is 0 Å². The van der Waals surface area contributed by atoms with Crippen molar-refractivity contribution in [1.29, 1.82) is 0 Å². The van der Waals surface area contributed by atoms with Crippen LogP contribution in [0.15, 0.2) is 0 Å². The second-order valence-electron chi connectivity index (χ2n) is 2.80. The van der Waals surface area contributed by atoms with Crippen LogP contribution in [-0.4, -0.2) is 5.78 Å². The molecule has 0 aromatic heterocycles. The topological polar surface area (TPSA) is 17.1 Å². The predicted molar refractivity (Wildman–Crippen MR) is 40.4 cm³/mol. The second kappa shape index (κ2) is 3.41. The van der Waals surface area contributed by atoms with E-state index in [1.165, 1.54) is 6.42 Å². The van der Waals surface area contributed by atoms with Crippen molar-refractivity contribution in [1.82, 2.24) is 0 Å². The molecule has 1 aliphatic carbocycles. The Bertz CT molecular complexity index is 160. The number of hydrogen-bond donors (Lipinski definition) is 0. The first kappa shape index (κ1) is 7.34. The van der Waals surface area contributed by atoms with E-state index >= 15 is 0 Å². The smallest absolute Gasteiger partial charge is 0.136 e. The first-order valence-corrected chi connectivity index (χ1v) is 3.81. The zero-order valence-electron chi connectivity index (χ0n) is 6.10. The van der Waals surface area contributed by atoms with Crippen molar-refractivity contribution >= 4 is 5.78 Å². The minimum absolute atomic E-state index is 0.369. The van der Waals surface area contributed by atoms with E-state index in [0.717, 1.165) is 12.8 Å². The molecule has 0 saturated heterocycles. The monoisotopic (exact) mass is 136 g/mol. The normalized spacial score (nSPS) is 17.5. The van der Waals surface area contributed by atoms with E-state index in [1.54, 1.807) is 0 Å². The largest absolute Gasteiger partial charge is 0.299 e. The fraction of sp³-hybridized carbons (Fsp3) is 0.667. The molecule has 0 N–H and O–H groups in total. The molecular weight excluding hydrogens is 124 g/mol. The Morgan fingerprint density at radius 1 is 1.60 bits per heavy atom. The molecule has 0 atom stereocenters. The summed E-state index contributed by atoms with van der Waals surface area (Å²) in [5.74, 6) is 3.23. The highest BCUT2D eigenvalue weighted by molar-refractivity contribution is 5.81. The van der Waals surface area contributed by atoms with Gasteiger partial charge in [0.25, 0.3) is 0 Å². The van der Waals surface area contributed by atoms with Gasteiger partial charge < -0.3 is 0 Å². The Morgan fingerprint density at radius 2 is 2.30 bits per heavy atom. The quantitative estimate of drug-likeness (QED) is 0.540. The Hall–Kier alpha value is -0.770. The van der Waals surface area contributed by atoms with Crippen LogP contribution in [0.4, 0.5) is 0 Å². The van der Waals surface area contributed by atoms with Crippen LogP contribution in [0, 0.1) is 18.3 Å². The molecule has 1 rings (SSSR count). The van der Waals surface area contributed by atoms with Gasteiger partial charge in [0.1, 0.15) is 5.78 Å². The van der Waals surface area contributed by atoms with Gasteiger partial charge in [-0.25, -0.2) is 0 Å². The lowest BCUT2D eigenvalue weighted by Gasteiger charge is -2.23. The van der Waals surface area contributed by atoms with Crippen LogP contribution in [0.2, 0.25) is 0 Å². The Balaban J connectivity index is 2.15. The van der Waals surface area contributed by atoms with E-state index in [4.69, 9.17) is 6.42 Å². The number of terminal acetylenes is 1. The molecule has 0 aromatic carbocycles. The van der Waals surface area contributed by atoms with Gasteiger partial charge in [0.05, 0.1) is 0 Å². The zero-order valence-corrected chi connectivity index (χ0v) is 6.10. The molecule has 54 valence electrons. The van der Waals surface area contributed by atoms with Gasteiger partial charge >= 0.3 is 0 Å². The van der Waals surface area contributed by atoms with Crippen LogP contribution >= 0.6 is 0 Å².